The normalized spacial score (nSPS) is 14.2. The Morgan fingerprint density at radius 1 is 1.39 bits per heavy atom. The first kappa shape index (κ1) is 19.7. The molecule has 0 aliphatic rings. The molecular formula is C15H23ClN2O4S. The number of nitrogens with one attached hydrogen (secondary N) is 1. The molecule has 2 atom stereocenters. The quantitative estimate of drug-likeness (QED) is 0.804. The third-order valence-corrected chi connectivity index (χ3v) is 4.77. The molecule has 1 N–H and O–H groups in total. The van der Waals surface area contributed by atoms with Crippen molar-refractivity contribution in [3.63, 3.8) is 0 Å². The van der Waals surface area contributed by atoms with Crippen molar-refractivity contribution in [2.45, 2.75) is 32.9 Å². The number of carbonyl (C=O) groups is 1. The van der Waals surface area contributed by atoms with Crippen molar-refractivity contribution in [1.82, 2.24) is 5.32 Å². The van der Waals surface area contributed by atoms with Gasteiger partial charge in [-0.15, -0.1) is 0 Å². The van der Waals surface area contributed by atoms with Crippen LogP contribution in [0.5, 0.6) is 0 Å². The van der Waals surface area contributed by atoms with Crippen LogP contribution in [0.1, 0.15) is 19.4 Å². The Hall–Kier alpha value is -1.31. The Morgan fingerprint density at radius 3 is 2.52 bits per heavy atom. The van der Waals surface area contributed by atoms with Gasteiger partial charge in [0, 0.05) is 18.2 Å². The fourth-order valence-corrected chi connectivity index (χ4v) is 3.65. The Bertz CT molecular complexity index is 663. The van der Waals surface area contributed by atoms with Gasteiger partial charge in [-0.3, -0.25) is 9.10 Å². The van der Waals surface area contributed by atoms with Crippen molar-refractivity contribution in [3.8, 4) is 0 Å². The summed E-state index contributed by atoms with van der Waals surface area (Å²) in [5.74, 6) is -0.403. The first-order chi connectivity index (χ1) is 10.6. The fraction of sp³-hybridized carbons (Fsp3) is 0.533. The lowest BCUT2D eigenvalue weighted by Gasteiger charge is -2.30. The monoisotopic (exact) mass is 362 g/mol. The topological polar surface area (TPSA) is 75.7 Å². The molecule has 6 nitrogen and oxygen atoms in total. The van der Waals surface area contributed by atoms with Gasteiger partial charge in [-0.25, -0.2) is 8.42 Å². The van der Waals surface area contributed by atoms with Crippen LogP contribution in [0.2, 0.25) is 5.02 Å². The third kappa shape index (κ3) is 5.37. The van der Waals surface area contributed by atoms with E-state index >= 15 is 0 Å². The number of rotatable bonds is 7. The Labute approximate surface area is 142 Å². The number of sulfonamides is 1. The van der Waals surface area contributed by atoms with Gasteiger partial charge in [0.1, 0.15) is 6.04 Å². The molecule has 1 aromatic carbocycles. The predicted octanol–water partition coefficient (Wildman–Crippen LogP) is 1.95. The molecule has 8 heteroatoms. The number of benzene rings is 1. The number of hydrogen-bond acceptors (Lipinski definition) is 4. The number of aryl methyl sites for hydroxylation is 1. The number of carbonyl (C=O) groups excluding carboxylic acids is 1. The van der Waals surface area contributed by atoms with Gasteiger partial charge in [0.05, 0.1) is 18.6 Å². The maximum absolute atomic E-state index is 12.4. The van der Waals surface area contributed by atoms with Gasteiger partial charge >= 0.3 is 0 Å². The molecule has 0 bridgehead atoms. The number of ether oxygens (including phenoxy) is 1. The summed E-state index contributed by atoms with van der Waals surface area (Å²) in [6, 6.07) is 3.79. The van der Waals surface area contributed by atoms with Crippen LogP contribution in [0.3, 0.4) is 0 Å². The van der Waals surface area contributed by atoms with E-state index in [2.05, 4.69) is 5.32 Å². The zero-order valence-corrected chi connectivity index (χ0v) is 15.5. The van der Waals surface area contributed by atoms with Crippen LogP contribution in [0, 0.1) is 6.92 Å². The van der Waals surface area contributed by atoms with Gasteiger partial charge < -0.3 is 10.1 Å². The van der Waals surface area contributed by atoms with Gasteiger partial charge in [-0.1, -0.05) is 17.7 Å². The van der Waals surface area contributed by atoms with E-state index in [1.165, 1.54) is 14.0 Å². The van der Waals surface area contributed by atoms with E-state index in [4.69, 9.17) is 16.3 Å². The predicted molar refractivity (Wildman–Crippen MR) is 92.5 cm³/mol. The zero-order chi connectivity index (χ0) is 17.8. The lowest BCUT2D eigenvalue weighted by Crippen LogP contribution is -2.50. The molecule has 0 radical (unpaired) electrons. The van der Waals surface area contributed by atoms with E-state index in [0.717, 1.165) is 10.6 Å². The Balaban J connectivity index is 3.17. The molecule has 0 fully saturated rings. The molecule has 0 unspecified atom stereocenters. The SMILES string of the molecule is COC[C@H](C)NC(=O)[C@@H](C)N(c1cc(Cl)ccc1C)S(C)(=O)=O. The molecule has 1 rings (SSSR count). The van der Waals surface area contributed by atoms with Crippen LogP contribution in [-0.2, 0) is 19.6 Å². The maximum atomic E-state index is 12.4. The van der Waals surface area contributed by atoms with Crippen molar-refractivity contribution < 1.29 is 17.9 Å². The number of halogens is 1. The van der Waals surface area contributed by atoms with Crippen LogP contribution < -0.4 is 9.62 Å². The van der Waals surface area contributed by atoms with Crippen molar-refractivity contribution in [2.24, 2.45) is 0 Å². The number of hydrogen-bond donors (Lipinski definition) is 1. The molecule has 0 saturated carbocycles. The minimum atomic E-state index is -3.67. The lowest BCUT2D eigenvalue weighted by molar-refractivity contribution is -0.122. The van der Waals surface area contributed by atoms with Crippen molar-refractivity contribution >= 4 is 33.2 Å². The van der Waals surface area contributed by atoms with Crippen LogP contribution >= 0.6 is 11.6 Å². The molecule has 23 heavy (non-hydrogen) atoms. The van der Waals surface area contributed by atoms with E-state index in [1.807, 2.05) is 0 Å². The highest BCUT2D eigenvalue weighted by Crippen LogP contribution is 2.28. The van der Waals surface area contributed by atoms with Crippen molar-refractivity contribution in [1.29, 1.82) is 0 Å². The summed E-state index contributed by atoms with van der Waals surface area (Å²) >= 11 is 5.98. The molecule has 0 saturated heterocycles. The molecule has 130 valence electrons. The highest BCUT2D eigenvalue weighted by molar-refractivity contribution is 7.92. The van der Waals surface area contributed by atoms with E-state index < -0.39 is 22.0 Å². The second kappa shape index (κ2) is 7.99. The first-order valence-corrected chi connectivity index (χ1v) is 9.35. The summed E-state index contributed by atoms with van der Waals surface area (Å²) in [4.78, 5) is 12.4. The molecule has 0 aromatic heterocycles. The Morgan fingerprint density at radius 2 is 2.00 bits per heavy atom. The van der Waals surface area contributed by atoms with Gasteiger partial charge in [0.25, 0.3) is 0 Å². The number of anilines is 1. The van der Waals surface area contributed by atoms with Gasteiger partial charge in [0.15, 0.2) is 0 Å². The number of nitrogens with zero attached hydrogens (tertiary/aromatic N) is 1. The van der Waals surface area contributed by atoms with E-state index in [1.54, 1.807) is 32.0 Å². The van der Waals surface area contributed by atoms with Crippen molar-refractivity contribution in [3.05, 3.63) is 28.8 Å². The first-order valence-electron chi connectivity index (χ1n) is 7.12. The minimum Gasteiger partial charge on any atom is -0.383 e. The molecule has 0 aliphatic carbocycles. The van der Waals surface area contributed by atoms with Gasteiger partial charge in [-0.2, -0.15) is 0 Å². The third-order valence-electron chi connectivity index (χ3n) is 3.30. The molecule has 0 spiro atoms. The van der Waals surface area contributed by atoms with Crippen LogP contribution in [-0.4, -0.2) is 46.4 Å². The zero-order valence-electron chi connectivity index (χ0n) is 14.0. The molecule has 1 aromatic rings. The highest BCUT2D eigenvalue weighted by Gasteiger charge is 2.30. The summed E-state index contributed by atoms with van der Waals surface area (Å²) < 4.78 is 30.5. The average molecular weight is 363 g/mol. The summed E-state index contributed by atoms with van der Waals surface area (Å²) in [5, 5.41) is 3.14. The molecule has 0 aliphatic heterocycles. The standard InChI is InChI=1S/C15H23ClN2O4S/c1-10-6-7-13(16)8-14(10)18(23(5,20)21)12(3)15(19)17-11(2)9-22-4/h6-8,11-12H,9H2,1-5H3,(H,17,19)/t11-,12+/m0/s1. The van der Waals surface area contributed by atoms with E-state index in [0.29, 0.717) is 22.9 Å². The number of amides is 1. The summed E-state index contributed by atoms with van der Waals surface area (Å²) in [7, 11) is -2.13. The summed E-state index contributed by atoms with van der Waals surface area (Å²) in [6.45, 7) is 5.43. The molecule has 0 heterocycles. The second-order valence-corrected chi connectivity index (χ2v) is 7.83. The van der Waals surface area contributed by atoms with Gasteiger partial charge in [-0.05, 0) is 38.5 Å². The van der Waals surface area contributed by atoms with Gasteiger partial charge in [0.2, 0.25) is 15.9 Å². The summed E-state index contributed by atoms with van der Waals surface area (Å²) in [5.41, 5.74) is 1.10. The van der Waals surface area contributed by atoms with Crippen LogP contribution in [0.4, 0.5) is 5.69 Å². The lowest BCUT2D eigenvalue weighted by atomic mass is 10.1. The Kier molecular flexibility index (Phi) is 6.85. The van der Waals surface area contributed by atoms with E-state index in [-0.39, 0.29) is 6.04 Å². The second-order valence-electron chi connectivity index (χ2n) is 5.53. The number of methoxy groups -OCH3 is 1. The maximum Gasteiger partial charge on any atom is 0.243 e. The highest BCUT2D eigenvalue weighted by atomic mass is 35.5. The molecular weight excluding hydrogens is 340 g/mol. The smallest absolute Gasteiger partial charge is 0.243 e. The molecule has 1 amide bonds. The van der Waals surface area contributed by atoms with Crippen molar-refractivity contribution in [2.75, 3.05) is 24.3 Å². The fourth-order valence-electron chi connectivity index (χ4n) is 2.26. The average Bonchev–Trinajstić information content (AvgIpc) is 2.41. The largest absolute Gasteiger partial charge is 0.383 e. The van der Waals surface area contributed by atoms with Crippen LogP contribution in [0.15, 0.2) is 18.2 Å². The summed E-state index contributed by atoms with van der Waals surface area (Å²) in [6.07, 6.45) is 1.07. The minimum absolute atomic E-state index is 0.225. The van der Waals surface area contributed by atoms with E-state index in [9.17, 15) is 13.2 Å². The van der Waals surface area contributed by atoms with Crippen LogP contribution in [0.25, 0.3) is 0 Å².